The van der Waals surface area contributed by atoms with Gasteiger partial charge in [0.15, 0.2) is 14.8 Å². The van der Waals surface area contributed by atoms with E-state index in [-0.39, 0.29) is 5.95 Å². The van der Waals surface area contributed by atoms with Gasteiger partial charge < -0.3 is 0 Å². The second kappa shape index (κ2) is 5.34. The number of aryl methyl sites for hydroxylation is 1. The Balaban J connectivity index is 2.93. The summed E-state index contributed by atoms with van der Waals surface area (Å²) in [6, 6.07) is 0. The summed E-state index contributed by atoms with van der Waals surface area (Å²) >= 11 is 0. The van der Waals surface area contributed by atoms with Gasteiger partial charge in [-0.15, -0.1) is 0 Å². The highest BCUT2D eigenvalue weighted by Crippen LogP contribution is 2.12. The number of rotatable bonds is 7. The van der Waals surface area contributed by atoms with Crippen LogP contribution >= 0.6 is 0 Å². The van der Waals surface area contributed by atoms with E-state index in [9.17, 15) is 30.3 Å². The van der Waals surface area contributed by atoms with Crippen molar-refractivity contribution in [1.82, 2.24) is 25.6 Å². The molecule has 0 bridgehead atoms. The number of tetrazole rings is 1. The highest BCUT2D eigenvalue weighted by molar-refractivity contribution is 5.22. The molecule has 0 unspecified atom stereocenters. The fourth-order valence-electron chi connectivity index (χ4n) is 1.20. The number of aromatic nitrogens is 4. The Hall–Kier alpha value is -2.97. The predicted octanol–water partition coefficient (Wildman–Crippen LogP) is -2.37. The largest absolute Gasteiger partial charge is 0.714 e. The van der Waals surface area contributed by atoms with Crippen LogP contribution in [0.15, 0.2) is 0 Å². The number of nitrogens with one attached hydrogen (secondary N) is 1. The summed E-state index contributed by atoms with van der Waals surface area (Å²) in [4.78, 5) is 27.3. The van der Waals surface area contributed by atoms with Crippen molar-refractivity contribution in [2.24, 2.45) is 7.05 Å². The second-order valence-electron chi connectivity index (χ2n) is 3.54. The number of nitrogens with zero attached hydrogens (tertiary/aromatic N) is 8. The molecule has 0 saturated carbocycles. The van der Waals surface area contributed by atoms with Gasteiger partial charge in [0.25, 0.3) is 5.95 Å². The molecule has 0 amide bonds. The summed E-state index contributed by atoms with van der Waals surface area (Å²) in [5.74, 6) is -3.55. The first-order valence-corrected chi connectivity index (χ1v) is 4.86. The normalized spacial score (nSPS) is 11.1. The van der Waals surface area contributed by atoms with Gasteiger partial charge in [-0.25, -0.2) is 10.1 Å². The fraction of sp³-hybridized carbons (Fsp3) is 0.800. The third kappa shape index (κ3) is 2.41. The molecule has 110 valence electrons. The first-order chi connectivity index (χ1) is 9.23. The van der Waals surface area contributed by atoms with Crippen LogP contribution in [0.5, 0.6) is 0 Å². The summed E-state index contributed by atoms with van der Waals surface area (Å²) in [6.45, 7) is -1.19. The molecule has 15 heteroatoms. The molecule has 20 heavy (non-hydrogen) atoms. The maximum Gasteiger partial charge on any atom is 0.714 e. The first-order valence-electron chi connectivity index (χ1n) is 4.86. The van der Waals surface area contributed by atoms with E-state index in [0.717, 1.165) is 9.69 Å². The lowest BCUT2D eigenvalue weighted by atomic mass is 10.4. The van der Waals surface area contributed by atoms with Crippen LogP contribution in [-0.4, -0.2) is 54.4 Å². The number of hydrazine groups is 1. The van der Waals surface area contributed by atoms with Crippen LogP contribution in [0, 0.1) is 30.3 Å². The van der Waals surface area contributed by atoms with Crippen molar-refractivity contribution in [3.63, 3.8) is 0 Å². The van der Waals surface area contributed by atoms with E-state index >= 15 is 0 Å². The van der Waals surface area contributed by atoms with Gasteiger partial charge in [0.1, 0.15) is 0 Å². The smallest absolute Gasteiger partial charge is 0.277 e. The van der Waals surface area contributed by atoms with E-state index in [2.05, 4.69) is 21.0 Å². The number of nitro groups is 3. The monoisotopic (exact) mass is 291 g/mol. The molecule has 0 aromatic carbocycles. The number of hydrogen-bond acceptors (Lipinski definition) is 11. The van der Waals surface area contributed by atoms with E-state index < -0.39 is 27.1 Å². The Morgan fingerprint density at radius 2 is 1.75 bits per heavy atom. The summed E-state index contributed by atoms with van der Waals surface area (Å²) in [6.07, 6.45) is 0. The third-order valence-corrected chi connectivity index (χ3v) is 2.33. The third-order valence-electron chi connectivity index (χ3n) is 2.33. The van der Waals surface area contributed by atoms with Crippen LogP contribution in [0.2, 0.25) is 0 Å². The Morgan fingerprint density at radius 1 is 1.25 bits per heavy atom. The maximum atomic E-state index is 10.7. The van der Waals surface area contributed by atoms with E-state index in [1.165, 1.54) is 14.1 Å². The van der Waals surface area contributed by atoms with Gasteiger partial charge in [-0.05, 0) is 10.4 Å². The van der Waals surface area contributed by atoms with E-state index in [4.69, 9.17) is 0 Å². The molecule has 1 aromatic rings. The molecule has 1 aromatic heterocycles. The molecular weight excluding hydrogens is 282 g/mol. The summed E-state index contributed by atoms with van der Waals surface area (Å²) in [5, 5.41) is 43.3. The Bertz CT molecular complexity index is 505. The van der Waals surface area contributed by atoms with Gasteiger partial charge >= 0.3 is 5.79 Å². The number of hydrogen-bond donors (Lipinski definition) is 1. The lowest BCUT2D eigenvalue weighted by Crippen LogP contribution is -2.61. The maximum absolute atomic E-state index is 10.7. The molecule has 0 aliphatic rings. The van der Waals surface area contributed by atoms with Crippen molar-refractivity contribution in [2.75, 3.05) is 18.6 Å². The quantitative estimate of drug-likeness (QED) is 0.321. The molecule has 0 atom stereocenters. The van der Waals surface area contributed by atoms with Gasteiger partial charge in [0.05, 0.1) is 0 Å². The van der Waals surface area contributed by atoms with E-state index in [1.54, 1.807) is 0 Å². The first kappa shape index (κ1) is 15.1. The van der Waals surface area contributed by atoms with E-state index in [1.807, 2.05) is 0 Å². The SMILES string of the molecule is CN(NCC([N+](=O)[O-])([N+](=O)[O-])[N+](=O)[O-])c1nnnn1C. The lowest BCUT2D eigenvalue weighted by Gasteiger charge is -2.18. The van der Waals surface area contributed by atoms with Crippen molar-refractivity contribution in [3.05, 3.63) is 30.3 Å². The van der Waals surface area contributed by atoms with Crippen LogP contribution in [0.3, 0.4) is 0 Å². The highest BCUT2D eigenvalue weighted by Gasteiger charge is 2.70. The van der Waals surface area contributed by atoms with Crippen LogP contribution in [-0.2, 0) is 7.05 Å². The standard InChI is InChI=1S/C5H9N9O6/c1-10(4-7-8-9-11(4)2)6-3-5(12(15)16,13(17)18)14(19)20/h6H,3H2,1-2H3. The number of anilines is 1. The van der Waals surface area contributed by atoms with E-state index in [0.29, 0.717) is 0 Å². The molecule has 0 radical (unpaired) electrons. The van der Waals surface area contributed by atoms with Gasteiger partial charge in [-0.3, -0.25) is 35.4 Å². The van der Waals surface area contributed by atoms with Crippen molar-refractivity contribution in [1.29, 1.82) is 0 Å². The molecule has 1 rings (SSSR count). The zero-order chi connectivity index (χ0) is 15.5. The molecule has 0 fully saturated rings. The average Bonchev–Trinajstić information content (AvgIpc) is 2.74. The molecule has 0 aliphatic carbocycles. The van der Waals surface area contributed by atoms with Gasteiger partial charge in [0, 0.05) is 14.1 Å². The minimum atomic E-state index is -3.60. The highest BCUT2D eigenvalue weighted by atomic mass is 16.7. The lowest BCUT2D eigenvalue weighted by molar-refractivity contribution is -0.966. The molecule has 0 spiro atoms. The zero-order valence-corrected chi connectivity index (χ0v) is 10.2. The second-order valence-corrected chi connectivity index (χ2v) is 3.54. The van der Waals surface area contributed by atoms with Gasteiger partial charge in [0.2, 0.25) is 6.54 Å². The van der Waals surface area contributed by atoms with Crippen LogP contribution in [0.4, 0.5) is 5.95 Å². The molecule has 0 saturated heterocycles. The minimum absolute atomic E-state index is 0.0499. The summed E-state index contributed by atoms with van der Waals surface area (Å²) in [5.41, 5.74) is 2.16. The molecule has 1 N–H and O–H groups in total. The van der Waals surface area contributed by atoms with Crippen LogP contribution < -0.4 is 10.4 Å². The molecule has 0 aliphatic heterocycles. The van der Waals surface area contributed by atoms with Gasteiger partial charge in [-0.2, -0.15) is 0 Å². The van der Waals surface area contributed by atoms with Crippen LogP contribution in [0.25, 0.3) is 0 Å². The predicted molar refractivity (Wildman–Crippen MR) is 58.9 cm³/mol. The Labute approximate surface area is 109 Å². The molecule has 15 nitrogen and oxygen atoms in total. The average molecular weight is 291 g/mol. The van der Waals surface area contributed by atoms with Crippen molar-refractivity contribution in [3.8, 4) is 0 Å². The van der Waals surface area contributed by atoms with Gasteiger partial charge in [-0.1, -0.05) is 5.10 Å². The Morgan fingerprint density at radius 3 is 2.10 bits per heavy atom. The van der Waals surface area contributed by atoms with Crippen LogP contribution in [0.1, 0.15) is 0 Å². The summed E-state index contributed by atoms with van der Waals surface area (Å²) < 4.78 is 1.15. The van der Waals surface area contributed by atoms with Crippen molar-refractivity contribution in [2.45, 2.75) is 5.79 Å². The molecular formula is C5H9N9O6. The van der Waals surface area contributed by atoms with Crippen molar-refractivity contribution < 1.29 is 14.8 Å². The van der Waals surface area contributed by atoms with Crippen molar-refractivity contribution >= 4 is 5.95 Å². The molecule has 1 heterocycles. The topological polar surface area (TPSA) is 188 Å². The zero-order valence-electron chi connectivity index (χ0n) is 10.2. The minimum Gasteiger partial charge on any atom is -0.277 e. The summed E-state index contributed by atoms with van der Waals surface area (Å²) in [7, 11) is 2.73. The Kier molecular flexibility index (Phi) is 4.03. The fourth-order valence-corrected chi connectivity index (χ4v) is 1.20.